The summed E-state index contributed by atoms with van der Waals surface area (Å²) in [5.41, 5.74) is 3.96. The fourth-order valence-corrected chi connectivity index (χ4v) is 2.62. The van der Waals surface area contributed by atoms with Crippen molar-refractivity contribution in [2.24, 2.45) is 5.10 Å². The first-order valence-corrected chi connectivity index (χ1v) is 8.35. The molecule has 1 aliphatic rings. The molecule has 132 valence electrons. The first-order valence-electron chi connectivity index (χ1n) is 7.97. The third-order valence-corrected chi connectivity index (χ3v) is 4.05. The minimum Gasteiger partial charge on any atom is -0.463 e. The van der Waals surface area contributed by atoms with Crippen molar-refractivity contribution in [3.8, 4) is 0 Å². The maximum atomic E-state index is 12.3. The number of hydrogen-bond donors (Lipinski definition) is 2. The van der Waals surface area contributed by atoms with Crippen LogP contribution in [0.25, 0.3) is 0 Å². The maximum Gasteiger partial charge on any atom is 0.271 e. The zero-order chi connectivity index (χ0) is 18.4. The third kappa shape index (κ3) is 4.49. The molecular formula is C19H16ClN3O3. The van der Waals surface area contributed by atoms with E-state index in [0.29, 0.717) is 34.0 Å². The highest BCUT2D eigenvalue weighted by molar-refractivity contribution is 6.34. The molecule has 7 heteroatoms. The van der Waals surface area contributed by atoms with Gasteiger partial charge in [0.1, 0.15) is 5.76 Å². The number of rotatable bonds is 5. The van der Waals surface area contributed by atoms with Gasteiger partial charge in [0.25, 0.3) is 11.8 Å². The van der Waals surface area contributed by atoms with Gasteiger partial charge in [-0.1, -0.05) is 17.7 Å². The Morgan fingerprint density at radius 1 is 1.15 bits per heavy atom. The van der Waals surface area contributed by atoms with Gasteiger partial charge in [0, 0.05) is 21.9 Å². The molecule has 0 saturated heterocycles. The van der Waals surface area contributed by atoms with Gasteiger partial charge in [0.05, 0.1) is 12.5 Å². The average Bonchev–Trinajstić information content (AvgIpc) is 3.16. The van der Waals surface area contributed by atoms with Crippen molar-refractivity contribution in [2.45, 2.75) is 12.8 Å². The minimum absolute atomic E-state index is 0.236. The molecule has 2 aromatic rings. The quantitative estimate of drug-likeness (QED) is 0.620. The SMILES string of the molecule is O=C(Nc1ccc(C(=O)N/N=C/c2ccco2)cc1)C1=C(Cl)C=CCC1. The van der Waals surface area contributed by atoms with E-state index >= 15 is 0 Å². The van der Waals surface area contributed by atoms with E-state index in [1.807, 2.05) is 6.08 Å². The Kier molecular flexibility index (Phi) is 5.66. The molecule has 6 nitrogen and oxygen atoms in total. The van der Waals surface area contributed by atoms with Crippen LogP contribution in [0.1, 0.15) is 29.0 Å². The molecule has 0 spiro atoms. The summed E-state index contributed by atoms with van der Waals surface area (Å²) in [5.74, 6) is -0.0673. The molecule has 0 radical (unpaired) electrons. The molecule has 1 heterocycles. The highest BCUT2D eigenvalue weighted by atomic mass is 35.5. The van der Waals surface area contributed by atoms with Gasteiger partial charge >= 0.3 is 0 Å². The zero-order valence-corrected chi connectivity index (χ0v) is 14.5. The van der Waals surface area contributed by atoms with E-state index < -0.39 is 0 Å². The van der Waals surface area contributed by atoms with Gasteiger partial charge in [0.15, 0.2) is 0 Å². The summed E-state index contributed by atoms with van der Waals surface area (Å²) in [7, 11) is 0. The number of hydrogen-bond acceptors (Lipinski definition) is 4. The van der Waals surface area contributed by atoms with Crippen molar-refractivity contribution in [1.82, 2.24) is 5.43 Å². The fourth-order valence-electron chi connectivity index (χ4n) is 2.35. The van der Waals surface area contributed by atoms with Crippen molar-refractivity contribution in [1.29, 1.82) is 0 Å². The monoisotopic (exact) mass is 369 g/mol. The summed E-state index contributed by atoms with van der Waals surface area (Å²) in [4.78, 5) is 24.3. The number of anilines is 1. The fraction of sp³-hybridized carbons (Fsp3) is 0.105. The number of carbonyl (C=O) groups excluding carboxylic acids is 2. The maximum absolute atomic E-state index is 12.3. The number of furan rings is 1. The van der Waals surface area contributed by atoms with Crippen LogP contribution in [0.4, 0.5) is 5.69 Å². The van der Waals surface area contributed by atoms with Crippen molar-refractivity contribution < 1.29 is 14.0 Å². The van der Waals surface area contributed by atoms with Crippen molar-refractivity contribution in [3.05, 3.63) is 76.7 Å². The first-order chi connectivity index (χ1) is 12.6. The molecule has 0 bridgehead atoms. The minimum atomic E-state index is -0.367. The van der Waals surface area contributed by atoms with E-state index in [1.54, 1.807) is 42.5 Å². The van der Waals surface area contributed by atoms with Crippen LogP contribution in [-0.4, -0.2) is 18.0 Å². The highest BCUT2D eigenvalue weighted by Crippen LogP contribution is 2.23. The topological polar surface area (TPSA) is 83.7 Å². The van der Waals surface area contributed by atoms with Gasteiger partial charge in [-0.3, -0.25) is 9.59 Å². The highest BCUT2D eigenvalue weighted by Gasteiger charge is 2.15. The number of carbonyl (C=O) groups is 2. The van der Waals surface area contributed by atoms with Crippen LogP contribution in [0.3, 0.4) is 0 Å². The lowest BCUT2D eigenvalue weighted by atomic mass is 10.0. The molecule has 1 aliphatic carbocycles. The van der Waals surface area contributed by atoms with Crippen LogP contribution in [-0.2, 0) is 4.79 Å². The van der Waals surface area contributed by atoms with Gasteiger partial charge in [0.2, 0.25) is 0 Å². The van der Waals surface area contributed by atoms with E-state index in [0.717, 1.165) is 6.42 Å². The molecule has 1 aromatic carbocycles. The molecule has 0 unspecified atom stereocenters. The number of hydrazone groups is 1. The normalized spacial score (nSPS) is 13.9. The number of allylic oxidation sites excluding steroid dienone is 3. The van der Waals surface area contributed by atoms with Crippen LogP contribution in [0.15, 0.2) is 74.9 Å². The van der Waals surface area contributed by atoms with Crippen LogP contribution in [0, 0.1) is 0 Å². The largest absolute Gasteiger partial charge is 0.463 e. The summed E-state index contributed by atoms with van der Waals surface area (Å²) in [6, 6.07) is 9.95. The Morgan fingerprint density at radius 3 is 2.65 bits per heavy atom. The summed E-state index contributed by atoms with van der Waals surface area (Å²) >= 11 is 6.06. The lowest BCUT2D eigenvalue weighted by Crippen LogP contribution is -2.18. The Morgan fingerprint density at radius 2 is 1.96 bits per heavy atom. The summed E-state index contributed by atoms with van der Waals surface area (Å²) < 4.78 is 5.07. The molecule has 0 fully saturated rings. The summed E-state index contributed by atoms with van der Waals surface area (Å²) in [5, 5.41) is 7.05. The number of benzene rings is 1. The molecule has 2 N–H and O–H groups in total. The van der Waals surface area contributed by atoms with Crippen LogP contribution in [0.5, 0.6) is 0 Å². The van der Waals surface area contributed by atoms with Crippen LogP contribution < -0.4 is 10.7 Å². The van der Waals surface area contributed by atoms with E-state index in [2.05, 4.69) is 15.8 Å². The number of nitrogens with one attached hydrogen (secondary N) is 2. The molecule has 0 saturated carbocycles. The molecule has 0 aliphatic heterocycles. The molecule has 26 heavy (non-hydrogen) atoms. The predicted octanol–water partition coefficient (Wildman–Crippen LogP) is 3.82. The Balaban J connectivity index is 1.58. The first kappa shape index (κ1) is 17.7. The van der Waals surface area contributed by atoms with Crippen LogP contribution in [0.2, 0.25) is 0 Å². The van der Waals surface area contributed by atoms with E-state index in [-0.39, 0.29) is 11.8 Å². The standard InChI is InChI=1S/C19H16ClN3O3/c20-17-6-2-1-5-16(17)19(25)22-14-9-7-13(8-10-14)18(24)23-21-12-15-4-3-11-26-15/h2-4,6-12H,1,5H2,(H,22,25)(H,23,24)/b21-12+. The summed E-state index contributed by atoms with van der Waals surface area (Å²) in [6.07, 6.45) is 7.98. The van der Waals surface area contributed by atoms with Gasteiger partial charge in [-0.25, -0.2) is 5.43 Å². The molecule has 1 aromatic heterocycles. The zero-order valence-electron chi connectivity index (χ0n) is 13.7. The van der Waals surface area contributed by atoms with Crippen molar-refractivity contribution >= 4 is 35.3 Å². The van der Waals surface area contributed by atoms with Crippen LogP contribution >= 0.6 is 11.6 Å². The second-order valence-electron chi connectivity index (χ2n) is 5.51. The van der Waals surface area contributed by atoms with E-state index in [9.17, 15) is 9.59 Å². The Labute approximate surface area is 155 Å². The van der Waals surface area contributed by atoms with Crippen molar-refractivity contribution in [3.63, 3.8) is 0 Å². The molecule has 2 amide bonds. The van der Waals surface area contributed by atoms with Gasteiger partial charge in [-0.15, -0.1) is 0 Å². The lowest BCUT2D eigenvalue weighted by Gasteiger charge is -2.12. The number of halogens is 1. The van der Waals surface area contributed by atoms with Gasteiger partial charge in [-0.2, -0.15) is 5.10 Å². The lowest BCUT2D eigenvalue weighted by molar-refractivity contribution is -0.113. The third-order valence-electron chi connectivity index (χ3n) is 3.69. The molecular weight excluding hydrogens is 354 g/mol. The summed E-state index contributed by atoms with van der Waals surface area (Å²) in [6.45, 7) is 0. The number of amides is 2. The molecule has 3 rings (SSSR count). The molecule has 0 atom stereocenters. The van der Waals surface area contributed by atoms with E-state index in [4.69, 9.17) is 16.0 Å². The number of nitrogens with zero attached hydrogens (tertiary/aromatic N) is 1. The van der Waals surface area contributed by atoms with Crippen molar-refractivity contribution in [2.75, 3.05) is 5.32 Å². The average molecular weight is 370 g/mol. The van der Waals surface area contributed by atoms with Gasteiger partial charge in [-0.05, 0) is 55.3 Å². The Hall–Kier alpha value is -3.12. The Bertz CT molecular complexity index is 881. The second-order valence-corrected chi connectivity index (χ2v) is 5.92. The van der Waals surface area contributed by atoms with Gasteiger partial charge < -0.3 is 9.73 Å². The predicted molar refractivity (Wildman–Crippen MR) is 100 cm³/mol. The van der Waals surface area contributed by atoms with E-state index in [1.165, 1.54) is 12.5 Å². The second kappa shape index (κ2) is 8.31. The smallest absolute Gasteiger partial charge is 0.271 e.